The van der Waals surface area contributed by atoms with Crippen LogP contribution in [0.15, 0.2) is 75.7 Å². The number of hydrogen-bond donors (Lipinski definition) is 0. The molecular weight excluding hydrogens is 401 g/mol. The summed E-state index contributed by atoms with van der Waals surface area (Å²) in [5.41, 5.74) is 6.81. The standard InChI is InChI=1S/C28H20FNO2/c1-15-12-16(2)14-18(13-15)25-28-21(10-11-30-25)20-8-9-22(24(29)27(20)32-28)26-17(3)19-6-4-5-7-23(19)31-26/h4-14H,1-3H3. The van der Waals surface area contributed by atoms with E-state index in [0.29, 0.717) is 22.6 Å². The third-order valence-electron chi connectivity index (χ3n) is 6.08. The smallest absolute Gasteiger partial charge is 0.177 e. The fraction of sp³-hybridized carbons (Fsp3) is 0.107. The van der Waals surface area contributed by atoms with Gasteiger partial charge >= 0.3 is 0 Å². The average Bonchev–Trinajstić information content (AvgIpc) is 3.32. The number of furan rings is 2. The molecule has 0 aliphatic heterocycles. The Morgan fingerprint density at radius 3 is 2.28 bits per heavy atom. The summed E-state index contributed by atoms with van der Waals surface area (Å²) in [6, 6.07) is 19.5. The molecule has 0 aliphatic rings. The van der Waals surface area contributed by atoms with Crippen LogP contribution in [0.25, 0.3) is 55.5 Å². The molecule has 0 spiro atoms. The van der Waals surface area contributed by atoms with E-state index in [1.54, 1.807) is 12.3 Å². The van der Waals surface area contributed by atoms with Crippen LogP contribution in [0.2, 0.25) is 0 Å². The molecule has 0 unspecified atom stereocenters. The third-order valence-corrected chi connectivity index (χ3v) is 6.08. The van der Waals surface area contributed by atoms with Crippen molar-refractivity contribution in [1.29, 1.82) is 0 Å². The maximum absolute atomic E-state index is 15.8. The van der Waals surface area contributed by atoms with Crippen molar-refractivity contribution in [2.75, 3.05) is 0 Å². The highest BCUT2D eigenvalue weighted by Crippen LogP contribution is 2.40. The van der Waals surface area contributed by atoms with E-state index in [2.05, 4.69) is 37.0 Å². The van der Waals surface area contributed by atoms with Gasteiger partial charge in [-0.3, -0.25) is 4.98 Å². The van der Waals surface area contributed by atoms with Crippen molar-refractivity contribution in [3.05, 3.63) is 89.4 Å². The molecule has 0 saturated carbocycles. The molecule has 0 saturated heterocycles. The predicted molar refractivity (Wildman–Crippen MR) is 126 cm³/mol. The fourth-order valence-electron chi connectivity index (χ4n) is 4.66. The van der Waals surface area contributed by atoms with E-state index in [9.17, 15) is 0 Å². The van der Waals surface area contributed by atoms with E-state index < -0.39 is 5.82 Å². The molecule has 0 N–H and O–H groups in total. The van der Waals surface area contributed by atoms with Crippen molar-refractivity contribution < 1.29 is 13.2 Å². The molecule has 0 radical (unpaired) electrons. The lowest BCUT2D eigenvalue weighted by Gasteiger charge is -2.05. The van der Waals surface area contributed by atoms with Crippen LogP contribution in [0.1, 0.15) is 16.7 Å². The second-order valence-corrected chi connectivity index (χ2v) is 8.37. The first-order valence-electron chi connectivity index (χ1n) is 10.6. The van der Waals surface area contributed by atoms with Gasteiger partial charge in [0.2, 0.25) is 0 Å². The first-order chi connectivity index (χ1) is 15.5. The van der Waals surface area contributed by atoms with Crippen molar-refractivity contribution in [3.63, 3.8) is 0 Å². The zero-order valence-electron chi connectivity index (χ0n) is 18.0. The summed E-state index contributed by atoms with van der Waals surface area (Å²) in [6.07, 6.45) is 1.75. The van der Waals surface area contributed by atoms with E-state index in [4.69, 9.17) is 8.83 Å². The van der Waals surface area contributed by atoms with Crippen molar-refractivity contribution in [2.24, 2.45) is 0 Å². The summed E-state index contributed by atoms with van der Waals surface area (Å²) in [6.45, 7) is 6.05. The second-order valence-electron chi connectivity index (χ2n) is 8.37. The number of benzene rings is 3. The Morgan fingerprint density at radius 1 is 0.750 bits per heavy atom. The van der Waals surface area contributed by atoms with Gasteiger partial charge in [0.25, 0.3) is 0 Å². The molecule has 3 nitrogen and oxygen atoms in total. The van der Waals surface area contributed by atoms with Gasteiger partial charge in [0.15, 0.2) is 17.0 Å². The number of aryl methyl sites for hydroxylation is 3. The number of hydrogen-bond acceptors (Lipinski definition) is 3. The summed E-state index contributed by atoms with van der Waals surface area (Å²) in [7, 11) is 0. The SMILES string of the molecule is Cc1cc(C)cc(-c2nccc3c2oc2c(F)c(-c4oc5ccccc5c4C)ccc23)c1. The molecule has 3 aromatic heterocycles. The minimum atomic E-state index is -0.424. The van der Waals surface area contributed by atoms with Gasteiger partial charge in [0.1, 0.15) is 17.0 Å². The Kier molecular flexibility index (Phi) is 3.99. The maximum atomic E-state index is 15.8. The molecule has 3 aromatic carbocycles. The van der Waals surface area contributed by atoms with E-state index in [1.807, 2.05) is 43.3 Å². The Balaban J connectivity index is 1.62. The minimum Gasteiger partial charge on any atom is -0.456 e. The lowest BCUT2D eigenvalue weighted by molar-refractivity contribution is 0.575. The van der Waals surface area contributed by atoms with Crippen LogP contribution < -0.4 is 0 Å². The van der Waals surface area contributed by atoms with E-state index in [1.165, 1.54) is 0 Å². The van der Waals surface area contributed by atoms with Gasteiger partial charge in [-0.25, -0.2) is 4.39 Å². The van der Waals surface area contributed by atoms with Crippen LogP contribution in [0.3, 0.4) is 0 Å². The quantitative estimate of drug-likeness (QED) is 0.283. The van der Waals surface area contributed by atoms with Crippen LogP contribution in [-0.4, -0.2) is 4.98 Å². The van der Waals surface area contributed by atoms with Gasteiger partial charge in [-0.1, -0.05) is 35.4 Å². The Hall–Kier alpha value is -3.92. The fourth-order valence-corrected chi connectivity index (χ4v) is 4.66. The van der Waals surface area contributed by atoms with Crippen molar-refractivity contribution in [2.45, 2.75) is 20.8 Å². The molecule has 3 heterocycles. The van der Waals surface area contributed by atoms with Crippen LogP contribution in [0.5, 0.6) is 0 Å². The lowest BCUT2D eigenvalue weighted by atomic mass is 10.0. The first kappa shape index (κ1) is 18.8. The molecule has 6 aromatic rings. The van der Waals surface area contributed by atoms with E-state index in [0.717, 1.165) is 44.0 Å². The highest BCUT2D eigenvalue weighted by molar-refractivity contribution is 6.09. The van der Waals surface area contributed by atoms with Crippen LogP contribution in [0, 0.1) is 26.6 Å². The number of rotatable bonds is 2. The van der Waals surface area contributed by atoms with Crippen LogP contribution in [0.4, 0.5) is 4.39 Å². The van der Waals surface area contributed by atoms with Gasteiger partial charge < -0.3 is 8.83 Å². The number of para-hydroxylation sites is 1. The van der Waals surface area contributed by atoms with Gasteiger partial charge in [0, 0.05) is 33.5 Å². The van der Waals surface area contributed by atoms with Gasteiger partial charge in [-0.05, 0) is 57.2 Å². The molecule has 0 bridgehead atoms. The normalized spacial score (nSPS) is 11.8. The van der Waals surface area contributed by atoms with Crippen molar-refractivity contribution in [3.8, 4) is 22.6 Å². The average molecular weight is 421 g/mol. The molecule has 32 heavy (non-hydrogen) atoms. The number of fused-ring (bicyclic) bond motifs is 4. The third kappa shape index (κ3) is 2.69. The zero-order valence-corrected chi connectivity index (χ0v) is 18.0. The predicted octanol–water partition coefficient (Wildman–Crippen LogP) is 8.13. The molecule has 6 rings (SSSR count). The second kappa shape index (κ2) is 6.79. The van der Waals surface area contributed by atoms with Gasteiger partial charge in [-0.15, -0.1) is 0 Å². The van der Waals surface area contributed by atoms with E-state index >= 15 is 4.39 Å². The highest BCUT2D eigenvalue weighted by Gasteiger charge is 2.22. The minimum absolute atomic E-state index is 0.219. The first-order valence-corrected chi connectivity index (χ1v) is 10.6. The van der Waals surface area contributed by atoms with Crippen molar-refractivity contribution in [1.82, 2.24) is 4.98 Å². The largest absolute Gasteiger partial charge is 0.456 e. The van der Waals surface area contributed by atoms with Gasteiger partial charge in [0.05, 0.1) is 5.56 Å². The Morgan fingerprint density at radius 2 is 1.50 bits per heavy atom. The molecule has 156 valence electrons. The van der Waals surface area contributed by atoms with Crippen LogP contribution >= 0.6 is 0 Å². The number of halogens is 1. The summed E-state index contributed by atoms with van der Waals surface area (Å²) < 4.78 is 27.9. The Bertz CT molecular complexity index is 1650. The summed E-state index contributed by atoms with van der Waals surface area (Å²) in [5.74, 6) is 0.103. The highest BCUT2D eigenvalue weighted by atomic mass is 19.1. The monoisotopic (exact) mass is 421 g/mol. The summed E-state index contributed by atoms with van der Waals surface area (Å²) in [5, 5.41) is 2.55. The molecular formula is C28H20FNO2. The topological polar surface area (TPSA) is 39.2 Å². The molecule has 0 fully saturated rings. The molecule has 4 heteroatoms. The molecule has 0 amide bonds. The number of aromatic nitrogens is 1. The van der Waals surface area contributed by atoms with Crippen LogP contribution in [-0.2, 0) is 0 Å². The number of pyridine rings is 1. The number of nitrogens with zero attached hydrogens (tertiary/aromatic N) is 1. The van der Waals surface area contributed by atoms with E-state index in [-0.39, 0.29) is 5.58 Å². The molecule has 0 atom stereocenters. The van der Waals surface area contributed by atoms with Crippen molar-refractivity contribution >= 4 is 32.9 Å². The summed E-state index contributed by atoms with van der Waals surface area (Å²) >= 11 is 0. The zero-order chi connectivity index (χ0) is 22.0. The lowest BCUT2D eigenvalue weighted by Crippen LogP contribution is -1.86. The molecule has 0 aliphatic carbocycles. The Labute approximate surface area is 184 Å². The van der Waals surface area contributed by atoms with Gasteiger partial charge in [-0.2, -0.15) is 0 Å². The maximum Gasteiger partial charge on any atom is 0.177 e. The summed E-state index contributed by atoms with van der Waals surface area (Å²) in [4.78, 5) is 4.57.